The summed E-state index contributed by atoms with van der Waals surface area (Å²) in [6, 6.07) is 0. The topological polar surface area (TPSA) is 69.4 Å². The number of Topliss-reactive ketones (excluding diaryl/α,β-unsaturated/α-hetero) is 1. The van der Waals surface area contributed by atoms with Gasteiger partial charge in [0.2, 0.25) is 6.23 Å². The molecule has 0 aliphatic heterocycles. The van der Waals surface area contributed by atoms with Crippen molar-refractivity contribution in [2.75, 3.05) is 0 Å². The lowest BCUT2D eigenvalue weighted by atomic mass is 10.4. The van der Waals surface area contributed by atoms with E-state index in [1.54, 1.807) is 0 Å². The lowest BCUT2D eigenvalue weighted by Crippen LogP contribution is -2.32. The van der Waals surface area contributed by atoms with Gasteiger partial charge in [-0.15, -0.1) is 0 Å². The summed E-state index contributed by atoms with van der Waals surface area (Å²) >= 11 is 0. The summed E-state index contributed by atoms with van der Waals surface area (Å²) in [4.78, 5) is 20.4. The Morgan fingerprint density at radius 2 is 1.89 bits per heavy atom. The minimum atomic E-state index is -1.09. The fraction of sp³-hybridized carbons (Fsp3) is 0.600. The van der Waals surface area contributed by atoms with Crippen molar-refractivity contribution in [2.45, 2.75) is 20.1 Å². The van der Waals surface area contributed by atoms with Crippen molar-refractivity contribution in [1.82, 2.24) is 0 Å². The van der Waals surface area contributed by atoms with Crippen molar-refractivity contribution in [1.29, 1.82) is 0 Å². The highest BCUT2D eigenvalue weighted by molar-refractivity contribution is 5.82. The van der Waals surface area contributed by atoms with Gasteiger partial charge in [0.05, 0.1) is 0 Å². The molecule has 0 amide bonds. The third kappa shape index (κ3) is 3.66. The first-order chi connectivity index (χ1) is 4.04. The van der Waals surface area contributed by atoms with Crippen LogP contribution in [0.3, 0.4) is 0 Å². The first-order valence-electron chi connectivity index (χ1n) is 2.47. The molecule has 4 heteroatoms. The number of esters is 1. The Bertz CT molecular complexity index is 132. The number of hydrogen-bond acceptors (Lipinski definition) is 4. The van der Waals surface area contributed by atoms with Crippen LogP contribution in [0.15, 0.2) is 0 Å². The molecule has 0 heterocycles. The predicted octanol–water partition coefficient (Wildman–Crippen LogP) is -0.577. The average Bonchev–Trinajstić information content (AvgIpc) is 1.63. The van der Waals surface area contributed by atoms with Crippen LogP contribution in [0.25, 0.3) is 0 Å². The van der Waals surface area contributed by atoms with Crippen LogP contribution in [-0.4, -0.2) is 18.0 Å². The molecule has 0 saturated carbocycles. The first-order valence-corrected chi connectivity index (χ1v) is 2.47. The third-order valence-corrected chi connectivity index (χ3v) is 0.694. The lowest BCUT2D eigenvalue weighted by molar-refractivity contribution is -0.151. The molecule has 1 unspecified atom stereocenters. The largest absolute Gasteiger partial charge is 0.439 e. The van der Waals surface area contributed by atoms with Gasteiger partial charge in [-0.3, -0.25) is 15.3 Å². The summed E-state index contributed by atoms with van der Waals surface area (Å²) in [6.45, 7) is 2.45. The Balaban J connectivity index is 3.63. The van der Waals surface area contributed by atoms with Crippen LogP contribution in [0.1, 0.15) is 13.8 Å². The molecule has 2 N–H and O–H groups in total. The molecule has 0 bridgehead atoms. The zero-order chi connectivity index (χ0) is 7.44. The predicted molar refractivity (Wildman–Crippen MR) is 30.4 cm³/mol. The molecule has 0 spiro atoms. The molecule has 0 rings (SSSR count). The molecule has 0 aromatic rings. The van der Waals surface area contributed by atoms with E-state index in [0.717, 1.165) is 0 Å². The van der Waals surface area contributed by atoms with Gasteiger partial charge < -0.3 is 4.74 Å². The van der Waals surface area contributed by atoms with Crippen LogP contribution in [0.2, 0.25) is 0 Å². The summed E-state index contributed by atoms with van der Waals surface area (Å²) in [5, 5.41) is 0. The molecular weight excluding hydrogens is 122 g/mol. The maximum Gasteiger partial charge on any atom is 0.304 e. The summed E-state index contributed by atoms with van der Waals surface area (Å²) in [5.74, 6) is -0.900. The van der Waals surface area contributed by atoms with Crippen LogP contribution >= 0.6 is 0 Å². The van der Waals surface area contributed by atoms with E-state index in [0.29, 0.717) is 0 Å². The number of hydrogen-bond donors (Lipinski definition) is 1. The molecule has 0 radical (unpaired) electrons. The van der Waals surface area contributed by atoms with Crippen LogP contribution in [0.5, 0.6) is 0 Å². The van der Waals surface area contributed by atoms with E-state index in [9.17, 15) is 9.59 Å². The normalized spacial score (nSPS) is 12.3. The number of carbonyl (C=O) groups excluding carboxylic acids is 2. The zero-order valence-corrected chi connectivity index (χ0v) is 5.38. The zero-order valence-electron chi connectivity index (χ0n) is 5.38. The fourth-order valence-corrected chi connectivity index (χ4v) is 0.262. The van der Waals surface area contributed by atoms with Gasteiger partial charge in [-0.1, -0.05) is 0 Å². The number of carbonyl (C=O) groups is 2. The van der Waals surface area contributed by atoms with Gasteiger partial charge in [0.15, 0.2) is 5.78 Å². The number of rotatable bonds is 2. The van der Waals surface area contributed by atoms with E-state index in [1.165, 1.54) is 13.8 Å². The molecule has 4 nitrogen and oxygen atoms in total. The van der Waals surface area contributed by atoms with E-state index in [4.69, 9.17) is 5.73 Å². The Hall–Kier alpha value is -0.900. The van der Waals surface area contributed by atoms with Gasteiger partial charge >= 0.3 is 5.97 Å². The minimum absolute atomic E-state index is 0.356. The Morgan fingerprint density at radius 3 is 2.00 bits per heavy atom. The summed E-state index contributed by atoms with van der Waals surface area (Å²) in [5.41, 5.74) is 5.02. The molecule has 52 valence electrons. The second kappa shape index (κ2) is 3.19. The quantitative estimate of drug-likeness (QED) is 0.402. The van der Waals surface area contributed by atoms with Crippen molar-refractivity contribution >= 4 is 11.8 Å². The Morgan fingerprint density at radius 1 is 1.44 bits per heavy atom. The Kier molecular flexibility index (Phi) is 2.87. The van der Waals surface area contributed by atoms with Crippen molar-refractivity contribution in [3.8, 4) is 0 Å². The van der Waals surface area contributed by atoms with E-state index in [-0.39, 0.29) is 5.78 Å². The first kappa shape index (κ1) is 8.10. The van der Waals surface area contributed by atoms with E-state index >= 15 is 0 Å². The second-order valence-corrected chi connectivity index (χ2v) is 1.64. The van der Waals surface area contributed by atoms with E-state index in [1.807, 2.05) is 0 Å². The van der Waals surface area contributed by atoms with Gasteiger partial charge in [-0.25, -0.2) is 0 Å². The maximum absolute atomic E-state index is 10.3. The fourth-order valence-electron chi connectivity index (χ4n) is 0.262. The molecular formula is C5H9NO3. The highest BCUT2D eigenvalue weighted by atomic mass is 16.6. The average molecular weight is 131 g/mol. The minimum Gasteiger partial charge on any atom is -0.439 e. The summed E-state index contributed by atoms with van der Waals surface area (Å²) in [7, 11) is 0. The monoisotopic (exact) mass is 131 g/mol. The van der Waals surface area contributed by atoms with Crippen LogP contribution in [0, 0.1) is 0 Å². The summed E-state index contributed by atoms with van der Waals surface area (Å²) in [6.07, 6.45) is -1.09. The molecule has 1 atom stereocenters. The highest BCUT2D eigenvalue weighted by Gasteiger charge is 2.09. The molecule has 0 fully saturated rings. The van der Waals surface area contributed by atoms with Crippen molar-refractivity contribution < 1.29 is 14.3 Å². The van der Waals surface area contributed by atoms with Gasteiger partial charge in [0.25, 0.3) is 0 Å². The van der Waals surface area contributed by atoms with Crippen LogP contribution in [0.4, 0.5) is 0 Å². The van der Waals surface area contributed by atoms with Gasteiger partial charge in [0.1, 0.15) is 0 Å². The highest BCUT2D eigenvalue weighted by Crippen LogP contribution is 1.84. The molecule has 0 aliphatic carbocycles. The lowest BCUT2D eigenvalue weighted by Gasteiger charge is -2.05. The number of nitrogens with two attached hydrogens (primary N) is 1. The number of ether oxygens (including phenoxy) is 1. The van der Waals surface area contributed by atoms with Gasteiger partial charge in [-0.2, -0.15) is 0 Å². The van der Waals surface area contributed by atoms with Gasteiger partial charge in [-0.05, 0) is 6.92 Å². The van der Waals surface area contributed by atoms with E-state index < -0.39 is 12.2 Å². The van der Waals surface area contributed by atoms with Crippen LogP contribution < -0.4 is 5.73 Å². The van der Waals surface area contributed by atoms with Gasteiger partial charge in [0, 0.05) is 6.92 Å². The standard InChI is InChI=1S/C5H9NO3/c1-3(7)5(6)9-4(2)8/h5H,6H2,1-2H3. The molecule has 0 aromatic carbocycles. The molecule has 9 heavy (non-hydrogen) atoms. The Labute approximate surface area is 53.0 Å². The van der Waals surface area contributed by atoms with Crippen LogP contribution in [-0.2, 0) is 14.3 Å². The smallest absolute Gasteiger partial charge is 0.304 e. The van der Waals surface area contributed by atoms with Crippen molar-refractivity contribution in [3.63, 3.8) is 0 Å². The number of ketones is 1. The molecule has 0 aliphatic rings. The second-order valence-electron chi connectivity index (χ2n) is 1.64. The van der Waals surface area contributed by atoms with Crippen molar-refractivity contribution in [3.05, 3.63) is 0 Å². The molecule has 0 aromatic heterocycles. The van der Waals surface area contributed by atoms with Crippen molar-refractivity contribution in [2.24, 2.45) is 5.73 Å². The molecule has 0 saturated heterocycles. The maximum atomic E-state index is 10.3. The summed E-state index contributed by atoms with van der Waals surface area (Å²) < 4.78 is 4.30. The SMILES string of the molecule is CC(=O)OC(N)C(C)=O. The third-order valence-electron chi connectivity index (χ3n) is 0.694. The van der Waals surface area contributed by atoms with E-state index in [2.05, 4.69) is 4.74 Å².